The van der Waals surface area contributed by atoms with Gasteiger partial charge in [-0.1, -0.05) is 44.0 Å². The number of alkyl halides is 5. The molecule has 0 aromatic heterocycles. The van der Waals surface area contributed by atoms with Crippen LogP contribution in [-0.2, 0) is 23.7 Å². The van der Waals surface area contributed by atoms with E-state index in [2.05, 4.69) is 16.4 Å². The van der Waals surface area contributed by atoms with E-state index in [1.165, 1.54) is 12.1 Å². The van der Waals surface area contributed by atoms with Crippen LogP contribution < -0.4 is 4.74 Å². The van der Waals surface area contributed by atoms with Crippen molar-refractivity contribution < 1.29 is 40.2 Å². The summed E-state index contributed by atoms with van der Waals surface area (Å²) in [7, 11) is 0. The van der Waals surface area contributed by atoms with Crippen molar-refractivity contribution in [2.75, 3.05) is 6.61 Å². The SMILES string of the molecule is CCCCCc1ccc(C(F)(F)OCCc2cc(F)c(OC(F)(F)F)c(F)c2)cc1. The average Bonchev–Trinajstić information content (AvgIpc) is 2.64. The molecule has 0 aliphatic carbocycles. The lowest BCUT2D eigenvalue weighted by Gasteiger charge is -2.18. The number of hydrogen-bond acceptors (Lipinski definition) is 2. The van der Waals surface area contributed by atoms with Crippen LogP contribution in [-0.4, -0.2) is 13.0 Å². The van der Waals surface area contributed by atoms with Crippen molar-refractivity contribution in [1.82, 2.24) is 0 Å². The van der Waals surface area contributed by atoms with Crippen molar-refractivity contribution >= 4 is 0 Å². The molecule has 0 saturated heterocycles. The number of hydrogen-bond donors (Lipinski definition) is 0. The van der Waals surface area contributed by atoms with Gasteiger partial charge in [-0.15, -0.1) is 13.2 Å². The number of rotatable bonds is 10. The Morgan fingerprint density at radius 2 is 1.40 bits per heavy atom. The zero-order valence-corrected chi connectivity index (χ0v) is 16.2. The minimum Gasteiger partial charge on any atom is -0.399 e. The Bertz CT molecular complexity index is 794. The highest BCUT2D eigenvalue weighted by atomic mass is 19.4. The minimum absolute atomic E-state index is 0.151. The molecule has 0 fully saturated rings. The van der Waals surface area contributed by atoms with Crippen LogP contribution in [0.3, 0.4) is 0 Å². The molecule has 0 bridgehead atoms. The first-order chi connectivity index (χ1) is 14.0. The van der Waals surface area contributed by atoms with Crippen molar-refractivity contribution in [3.05, 3.63) is 64.7 Å². The van der Waals surface area contributed by atoms with E-state index in [9.17, 15) is 30.7 Å². The average molecular weight is 438 g/mol. The van der Waals surface area contributed by atoms with Gasteiger partial charge in [0.05, 0.1) is 12.2 Å². The van der Waals surface area contributed by atoms with Gasteiger partial charge in [-0.3, -0.25) is 0 Å². The topological polar surface area (TPSA) is 18.5 Å². The molecule has 0 spiro atoms. The number of unbranched alkanes of at least 4 members (excludes halogenated alkanes) is 2. The first-order valence-corrected chi connectivity index (χ1v) is 9.36. The van der Waals surface area contributed by atoms with Gasteiger partial charge in [0.25, 0.3) is 0 Å². The minimum atomic E-state index is -5.26. The third kappa shape index (κ3) is 7.19. The molecule has 2 nitrogen and oxygen atoms in total. The molecule has 0 heterocycles. The molecule has 2 rings (SSSR count). The van der Waals surface area contributed by atoms with Crippen molar-refractivity contribution in [1.29, 1.82) is 0 Å². The normalized spacial score (nSPS) is 12.3. The monoisotopic (exact) mass is 438 g/mol. The highest BCUT2D eigenvalue weighted by Crippen LogP contribution is 2.31. The smallest absolute Gasteiger partial charge is 0.399 e. The van der Waals surface area contributed by atoms with Crippen LogP contribution in [0.25, 0.3) is 0 Å². The van der Waals surface area contributed by atoms with Crippen LogP contribution in [0, 0.1) is 11.6 Å². The summed E-state index contributed by atoms with van der Waals surface area (Å²) >= 11 is 0. The molecule has 0 N–H and O–H groups in total. The molecule has 9 heteroatoms. The van der Waals surface area contributed by atoms with Gasteiger partial charge in [0.2, 0.25) is 5.75 Å². The third-order valence-electron chi connectivity index (χ3n) is 4.31. The summed E-state index contributed by atoms with van der Waals surface area (Å²) in [5.74, 6) is -4.78. The van der Waals surface area contributed by atoms with E-state index < -0.39 is 36.5 Å². The van der Waals surface area contributed by atoms with Gasteiger partial charge in [0.1, 0.15) is 0 Å². The lowest BCUT2D eigenvalue weighted by Crippen LogP contribution is -2.20. The highest BCUT2D eigenvalue weighted by molar-refractivity contribution is 5.31. The van der Waals surface area contributed by atoms with Crippen LogP contribution in [0.15, 0.2) is 36.4 Å². The van der Waals surface area contributed by atoms with E-state index in [4.69, 9.17) is 0 Å². The van der Waals surface area contributed by atoms with E-state index in [-0.39, 0.29) is 17.5 Å². The summed E-state index contributed by atoms with van der Waals surface area (Å²) in [5, 5.41) is 0. The Hall–Kier alpha value is -2.29. The zero-order valence-electron chi connectivity index (χ0n) is 16.2. The maximum absolute atomic E-state index is 14.2. The van der Waals surface area contributed by atoms with Gasteiger partial charge in [-0.05, 0) is 42.5 Å². The molecular weight excluding hydrogens is 417 g/mol. The summed E-state index contributed by atoms with van der Waals surface area (Å²) < 4.78 is 100.0. The molecule has 0 saturated carbocycles. The number of aryl methyl sites for hydroxylation is 1. The Kier molecular flexibility index (Phi) is 8.11. The van der Waals surface area contributed by atoms with E-state index >= 15 is 0 Å². The Morgan fingerprint density at radius 1 is 0.800 bits per heavy atom. The van der Waals surface area contributed by atoms with Gasteiger partial charge in [-0.25, -0.2) is 8.78 Å². The predicted molar refractivity (Wildman–Crippen MR) is 96.3 cm³/mol. The van der Waals surface area contributed by atoms with Gasteiger partial charge >= 0.3 is 12.5 Å². The Labute approximate surface area is 169 Å². The Morgan fingerprint density at radius 3 is 1.93 bits per heavy atom. The second kappa shape index (κ2) is 10.1. The second-order valence-electron chi connectivity index (χ2n) is 6.71. The largest absolute Gasteiger partial charge is 0.573 e. The summed E-state index contributed by atoms with van der Waals surface area (Å²) in [6, 6.07) is 6.85. The fourth-order valence-electron chi connectivity index (χ4n) is 2.79. The maximum atomic E-state index is 14.2. The molecule has 0 amide bonds. The van der Waals surface area contributed by atoms with Gasteiger partial charge in [0, 0.05) is 0 Å². The zero-order chi connectivity index (χ0) is 22.4. The fourth-order valence-corrected chi connectivity index (χ4v) is 2.79. The molecule has 30 heavy (non-hydrogen) atoms. The van der Waals surface area contributed by atoms with Crippen molar-refractivity contribution in [2.45, 2.75) is 51.5 Å². The molecular formula is C21H21F7O2. The summed E-state index contributed by atoms with van der Waals surface area (Å²) in [5.41, 5.74) is 0.407. The van der Waals surface area contributed by atoms with Crippen molar-refractivity contribution in [3.8, 4) is 5.75 Å². The van der Waals surface area contributed by atoms with E-state index in [0.29, 0.717) is 12.1 Å². The second-order valence-corrected chi connectivity index (χ2v) is 6.71. The molecule has 2 aromatic rings. The molecule has 0 atom stereocenters. The molecule has 0 aliphatic rings. The molecule has 166 valence electrons. The van der Waals surface area contributed by atoms with Gasteiger partial charge in [0.15, 0.2) is 11.6 Å². The summed E-state index contributed by atoms with van der Waals surface area (Å²) in [6.07, 6.45) is -5.39. The number of ether oxygens (including phenoxy) is 2. The van der Waals surface area contributed by atoms with Crippen molar-refractivity contribution in [2.24, 2.45) is 0 Å². The van der Waals surface area contributed by atoms with E-state index in [0.717, 1.165) is 31.2 Å². The van der Waals surface area contributed by atoms with Crippen LogP contribution in [0.4, 0.5) is 30.7 Å². The first-order valence-electron chi connectivity index (χ1n) is 9.36. The van der Waals surface area contributed by atoms with Gasteiger partial charge < -0.3 is 9.47 Å². The molecule has 0 unspecified atom stereocenters. The van der Waals surface area contributed by atoms with Crippen LogP contribution in [0.1, 0.15) is 42.9 Å². The van der Waals surface area contributed by atoms with Gasteiger partial charge in [-0.2, -0.15) is 8.78 Å². The van der Waals surface area contributed by atoms with Crippen LogP contribution in [0.5, 0.6) is 5.75 Å². The lowest BCUT2D eigenvalue weighted by molar-refractivity contribution is -0.276. The Balaban J connectivity index is 1.95. The van der Waals surface area contributed by atoms with Crippen LogP contribution in [0.2, 0.25) is 0 Å². The first kappa shape index (κ1) is 24.0. The third-order valence-corrected chi connectivity index (χ3v) is 4.31. The standard InChI is InChI=1S/C21H21F7O2/c1-2-3-4-5-14-6-8-16(9-7-14)20(24,25)29-11-10-15-12-17(22)19(18(23)13-15)30-21(26,27)28/h6-9,12-13H,2-5,10-11H2,1H3. The maximum Gasteiger partial charge on any atom is 0.573 e. The predicted octanol–water partition coefficient (Wildman–Crippen LogP) is 6.90. The molecule has 0 aliphatic heterocycles. The number of benzene rings is 2. The van der Waals surface area contributed by atoms with Crippen molar-refractivity contribution in [3.63, 3.8) is 0 Å². The number of halogens is 7. The quantitative estimate of drug-likeness (QED) is 0.297. The van der Waals surface area contributed by atoms with Crippen LogP contribution >= 0.6 is 0 Å². The summed E-state index contributed by atoms with van der Waals surface area (Å²) in [6.45, 7) is 1.46. The summed E-state index contributed by atoms with van der Waals surface area (Å²) in [4.78, 5) is 0. The fraction of sp³-hybridized carbons (Fsp3) is 0.429. The highest BCUT2D eigenvalue weighted by Gasteiger charge is 2.35. The lowest BCUT2D eigenvalue weighted by atomic mass is 10.1. The van der Waals surface area contributed by atoms with E-state index in [1.807, 2.05) is 0 Å². The molecule has 0 radical (unpaired) electrons. The van der Waals surface area contributed by atoms with E-state index in [1.54, 1.807) is 12.1 Å². The molecule has 2 aromatic carbocycles.